The molecule has 7 nitrogen and oxygen atoms in total. The zero-order valence-corrected chi connectivity index (χ0v) is 14.4. The summed E-state index contributed by atoms with van der Waals surface area (Å²) < 4.78 is 12.7. The predicted octanol–water partition coefficient (Wildman–Crippen LogP) is 2.06. The molecule has 0 unspecified atom stereocenters. The van der Waals surface area contributed by atoms with Crippen LogP contribution in [0.25, 0.3) is 0 Å². The van der Waals surface area contributed by atoms with Gasteiger partial charge in [0.2, 0.25) is 5.88 Å². The number of aryl methyl sites for hydroxylation is 1. The Bertz CT molecular complexity index is 797. The minimum Gasteiger partial charge on any atom is -0.449 e. The molecule has 0 aliphatic heterocycles. The highest BCUT2D eigenvalue weighted by Crippen LogP contribution is 2.39. The molecule has 1 saturated carbocycles. The van der Waals surface area contributed by atoms with Crippen molar-refractivity contribution in [3.8, 4) is 5.88 Å². The Morgan fingerprint density at radius 1 is 1.42 bits per heavy atom. The number of nitrogens with one attached hydrogen (secondary N) is 1. The highest BCUT2D eigenvalue weighted by atomic mass is 32.2. The lowest BCUT2D eigenvalue weighted by Gasteiger charge is -2.09. The number of aromatic nitrogens is 4. The first kappa shape index (κ1) is 15.7. The predicted molar refractivity (Wildman–Crippen MR) is 89.4 cm³/mol. The van der Waals surface area contributed by atoms with Gasteiger partial charge in [-0.15, -0.1) is 0 Å². The van der Waals surface area contributed by atoms with Crippen molar-refractivity contribution in [1.82, 2.24) is 19.5 Å². The van der Waals surface area contributed by atoms with Gasteiger partial charge in [-0.2, -0.15) is 0 Å². The van der Waals surface area contributed by atoms with E-state index in [4.69, 9.17) is 9.47 Å². The summed E-state index contributed by atoms with van der Waals surface area (Å²) in [6.07, 6.45) is 6.93. The number of ether oxygens (including phenoxy) is 2. The summed E-state index contributed by atoms with van der Waals surface area (Å²) in [6, 6.07) is 0.514. The molecule has 0 aromatic carbocycles. The number of hydrogen-bond donors (Lipinski definition) is 1. The molecule has 24 heavy (non-hydrogen) atoms. The molecule has 4 rings (SSSR count). The molecule has 2 aromatic heterocycles. The second kappa shape index (κ2) is 6.60. The van der Waals surface area contributed by atoms with Gasteiger partial charge in [-0.1, -0.05) is 11.8 Å². The average molecular weight is 348 g/mol. The van der Waals surface area contributed by atoms with E-state index in [1.165, 1.54) is 24.6 Å². The zero-order chi connectivity index (χ0) is 16.5. The van der Waals surface area contributed by atoms with Gasteiger partial charge in [0, 0.05) is 24.5 Å². The van der Waals surface area contributed by atoms with Gasteiger partial charge in [-0.25, -0.2) is 9.97 Å². The molecule has 1 N–H and O–H groups in total. The number of fused-ring (bicyclic) bond motifs is 1. The summed E-state index contributed by atoms with van der Waals surface area (Å²) in [5.41, 5.74) is 2.83. The first-order valence-electron chi connectivity index (χ1n) is 8.18. The van der Waals surface area contributed by atoms with Crippen LogP contribution in [0.1, 0.15) is 42.3 Å². The van der Waals surface area contributed by atoms with Crippen molar-refractivity contribution in [2.75, 3.05) is 13.9 Å². The fraction of sp³-hybridized carbons (Fsp3) is 0.562. The minimum absolute atomic E-state index is 0.00607. The van der Waals surface area contributed by atoms with Gasteiger partial charge in [-0.05, 0) is 32.1 Å². The third-order valence-corrected chi connectivity index (χ3v) is 5.26. The highest BCUT2D eigenvalue weighted by molar-refractivity contribution is 7.98. The smallest absolute Gasteiger partial charge is 0.254 e. The molecule has 2 heterocycles. The summed E-state index contributed by atoms with van der Waals surface area (Å²) in [6.45, 7) is 0.174. The Morgan fingerprint density at radius 2 is 2.29 bits per heavy atom. The minimum atomic E-state index is 0.00607. The van der Waals surface area contributed by atoms with Gasteiger partial charge in [0.05, 0.1) is 17.7 Å². The third kappa shape index (κ3) is 3.08. The Labute approximate surface area is 143 Å². The van der Waals surface area contributed by atoms with E-state index in [1.807, 2.05) is 6.33 Å². The van der Waals surface area contributed by atoms with Crippen LogP contribution in [-0.2, 0) is 23.3 Å². The standard InChI is InChI=1S/C16H20N4O3S/c1-22-9-23-15-13(20(8-17-15)10-5-6-10)7-24-16-18-12-4-2-3-11(12)14(21)19-16/h8,10H,2-7,9H2,1H3,(H,18,19,21). The second-order valence-electron chi connectivity index (χ2n) is 6.12. The van der Waals surface area contributed by atoms with Gasteiger partial charge < -0.3 is 19.0 Å². The van der Waals surface area contributed by atoms with Crippen molar-refractivity contribution < 1.29 is 9.47 Å². The number of thioether (sulfide) groups is 1. The van der Waals surface area contributed by atoms with E-state index in [0.29, 0.717) is 22.8 Å². The maximum atomic E-state index is 12.1. The van der Waals surface area contributed by atoms with Crippen molar-refractivity contribution in [3.63, 3.8) is 0 Å². The number of H-pyrrole nitrogens is 1. The van der Waals surface area contributed by atoms with Gasteiger partial charge in [0.15, 0.2) is 11.9 Å². The number of rotatable bonds is 7. The lowest BCUT2D eigenvalue weighted by atomic mass is 10.3. The van der Waals surface area contributed by atoms with E-state index in [0.717, 1.165) is 36.2 Å². The topological polar surface area (TPSA) is 82.0 Å². The second-order valence-corrected chi connectivity index (χ2v) is 7.09. The molecule has 0 bridgehead atoms. The number of imidazole rings is 1. The summed E-state index contributed by atoms with van der Waals surface area (Å²) in [5.74, 6) is 1.25. The Balaban J connectivity index is 1.54. The molecule has 0 atom stereocenters. The van der Waals surface area contributed by atoms with Crippen LogP contribution in [-0.4, -0.2) is 33.4 Å². The molecular formula is C16H20N4O3S. The molecule has 1 fully saturated rings. The Hall–Kier alpha value is -1.80. The van der Waals surface area contributed by atoms with E-state index in [9.17, 15) is 4.79 Å². The number of methoxy groups -OCH3 is 1. The third-order valence-electron chi connectivity index (χ3n) is 4.38. The molecular weight excluding hydrogens is 328 g/mol. The quantitative estimate of drug-likeness (QED) is 0.469. The van der Waals surface area contributed by atoms with E-state index in [-0.39, 0.29) is 12.4 Å². The Morgan fingerprint density at radius 3 is 3.08 bits per heavy atom. The Kier molecular flexibility index (Phi) is 4.32. The van der Waals surface area contributed by atoms with E-state index >= 15 is 0 Å². The maximum absolute atomic E-state index is 12.1. The molecule has 0 radical (unpaired) electrons. The maximum Gasteiger partial charge on any atom is 0.254 e. The van der Waals surface area contributed by atoms with E-state index in [1.54, 1.807) is 7.11 Å². The summed E-state index contributed by atoms with van der Waals surface area (Å²) in [7, 11) is 1.59. The van der Waals surface area contributed by atoms with E-state index in [2.05, 4.69) is 19.5 Å². The van der Waals surface area contributed by atoms with Crippen LogP contribution in [0.3, 0.4) is 0 Å². The monoisotopic (exact) mass is 348 g/mol. The van der Waals surface area contributed by atoms with Crippen LogP contribution >= 0.6 is 11.8 Å². The van der Waals surface area contributed by atoms with Crippen molar-refractivity contribution >= 4 is 11.8 Å². The fourth-order valence-electron chi connectivity index (χ4n) is 3.03. The number of nitrogens with zero attached hydrogens (tertiary/aromatic N) is 3. The largest absolute Gasteiger partial charge is 0.449 e. The molecule has 2 aromatic rings. The van der Waals surface area contributed by atoms with E-state index < -0.39 is 0 Å². The zero-order valence-electron chi connectivity index (χ0n) is 13.6. The highest BCUT2D eigenvalue weighted by Gasteiger charge is 2.28. The van der Waals surface area contributed by atoms with Crippen LogP contribution in [0.15, 0.2) is 16.3 Å². The lowest BCUT2D eigenvalue weighted by molar-refractivity contribution is 0.0474. The normalized spacial score (nSPS) is 16.4. The lowest BCUT2D eigenvalue weighted by Crippen LogP contribution is -2.15. The summed E-state index contributed by atoms with van der Waals surface area (Å²) >= 11 is 1.52. The van der Waals surface area contributed by atoms with Crippen LogP contribution < -0.4 is 10.3 Å². The summed E-state index contributed by atoms with van der Waals surface area (Å²) in [5, 5.41) is 0.668. The first-order chi connectivity index (χ1) is 11.8. The first-order valence-corrected chi connectivity index (χ1v) is 9.17. The SMILES string of the molecule is COCOc1ncn(C2CC2)c1CSc1nc2c(c(=O)[nH]1)CCC2. The van der Waals surface area contributed by atoms with Crippen LogP contribution in [0, 0.1) is 0 Å². The van der Waals surface area contributed by atoms with Crippen LogP contribution in [0.4, 0.5) is 0 Å². The number of aromatic amines is 1. The van der Waals surface area contributed by atoms with Gasteiger partial charge in [0.25, 0.3) is 5.56 Å². The number of hydrogen-bond acceptors (Lipinski definition) is 6. The molecule has 8 heteroatoms. The van der Waals surface area contributed by atoms with Crippen LogP contribution in [0.5, 0.6) is 5.88 Å². The molecule has 0 spiro atoms. The van der Waals surface area contributed by atoms with Gasteiger partial charge in [0.1, 0.15) is 0 Å². The molecule has 2 aliphatic rings. The molecule has 0 amide bonds. The van der Waals surface area contributed by atoms with Crippen molar-refractivity contribution in [2.24, 2.45) is 0 Å². The van der Waals surface area contributed by atoms with Crippen molar-refractivity contribution in [2.45, 2.75) is 49.1 Å². The van der Waals surface area contributed by atoms with Crippen molar-refractivity contribution in [3.05, 3.63) is 33.6 Å². The summed E-state index contributed by atoms with van der Waals surface area (Å²) in [4.78, 5) is 24.0. The van der Waals surface area contributed by atoms with Gasteiger partial charge in [-0.3, -0.25) is 4.79 Å². The van der Waals surface area contributed by atoms with Crippen molar-refractivity contribution in [1.29, 1.82) is 0 Å². The molecule has 0 saturated heterocycles. The fourth-order valence-corrected chi connectivity index (χ4v) is 3.92. The van der Waals surface area contributed by atoms with Crippen LogP contribution in [0.2, 0.25) is 0 Å². The molecule has 128 valence electrons. The molecule has 2 aliphatic carbocycles. The average Bonchev–Trinajstić information content (AvgIpc) is 3.16. The van der Waals surface area contributed by atoms with Gasteiger partial charge >= 0.3 is 0 Å².